The van der Waals surface area contributed by atoms with Crippen molar-refractivity contribution in [3.63, 3.8) is 0 Å². The molecular formula is C17H16N4O3S. The molecule has 8 heteroatoms. The lowest BCUT2D eigenvalue weighted by atomic mass is 10.1. The Kier molecular flexibility index (Phi) is 5.72. The van der Waals surface area contributed by atoms with Crippen molar-refractivity contribution in [3.8, 4) is 6.07 Å². The number of rotatable bonds is 5. The molecule has 0 saturated heterocycles. The van der Waals surface area contributed by atoms with Gasteiger partial charge in [0, 0.05) is 23.5 Å². The first-order valence-electron chi connectivity index (χ1n) is 7.38. The number of nitro benzene ring substituents is 1. The number of anilines is 1. The maximum Gasteiger partial charge on any atom is 0.269 e. The van der Waals surface area contributed by atoms with Gasteiger partial charge in [-0.15, -0.1) is 0 Å². The monoisotopic (exact) mass is 356 g/mol. The summed E-state index contributed by atoms with van der Waals surface area (Å²) in [4.78, 5) is 26.6. The van der Waals surface area contributed by atoms with Crippen LogP contribution in [0.5, 0.6) is 0 Å². The van der Waals surface area contributed by atoms with Crippen molar-refractivity contribution >= 4 is 29.0 Å². The Morgan fingerprint density at radius 1 is 1.28 bits per heavy atom. The van der Waals surface area contributed by atoms with Crippen molar-refractivity contribution in [2.45, 2.75) is 25.8 Å². The van der Waals surface area contributed by atoms with Crippen molar-refractivity contribution in [3.05, 3.63) is 56.8 Å². The van der Waals surface area contributed by atoms with Gasteiger partial charge in [0.15, 0.2) is 0 Å². The first-order chi connectivity index (χ1) is 11.8. The molecule has 1 N–H and O–H groups in total. The molecule has 0 unspecified atom stereocenters. The van der Waals surface area contributed by atoms with Crippen molar-refractivity contribution in [1.82, 2.24) is 4.98 Å². The number of hydrogen-bond donors (Lipinski definition) is 1. The Labute approximate surface area is 149 Å². The van der Waals surface area contributed by atoms with Gasteiger partial charge in [-0.1, -0.05) is 11.8 Å². The quantitative estimate of drug-likeness (QED) is 0.499. The van der Waals surface area contributed by atoms with E-state index in [-0.39, 0.29) is 17.3 Å². The van der Waals surface area contributed by atoms with Gasteiger partial charge in [0.25, 0.3) is 5.69 Å². The number of carbonyl (C=O) groups is 1. The predicted octanol–water partition coefficient (Wildman–Crippen LogP) is 3.52. The number of amides is 1. The minimum atomic E-state index is -0.501. The number of pyridine rings is 1. The number of nitrogens with one attached hydrogen (secondary N) is 1. The first-order valence-corrected chi connectivity index (χ1v) is 8.37. The van der Waals surface area contributed by atoms with Gasteiger partial charge in [0.1, 0.15) is 11.1 Å². The van der Waals surface area contributed by atoms with Crippen LogP contribution in [0.25, 0.3) is 0 Å². The lowest BCUT2D eigenvalue weighted by molar-refractivity contribution is -0.384. The van der Waals surface area contributed by atoms with E-state index in [9.17, 15) is 20.2 Å². The maximum absolute atomic E-state index is 12.1. The number of nitriles is 1. The SMILES string of the molecule is Cc1nc(SCC(=O)Nc2ccc([N+](=O)[O-])cc2)c(C#N)c(C)c1C. The lowest BCUT2D eigenvalue weighted by Gasteiger charge is -2.11. The summed E-state index contributed by atoms with van der Waals surface area (Å²) >= 11 is 1.19. The summed E-state index contributed by atoms with van der Waals surface area (Å²) in [6.45, 7) is 5.64. The van der Waals surface area contributed by atoms with Gasteiger partial charge in [-0.25, -0.2) is 4.98 Å². The summed E-state index contributed by atoms with van der Waals surface area (Å²) in [5.41, 5.74) is 3.58. The Balaban J connectivity index is 2.05. The fourth-order valence-corrected chi connectivity index (χ4v) is 3.03. The number of aromatic nitrogens is 1. The zero-order chi connectivity index (χ0) is 18.6. The van der Waals surface area contributed by atoms with Crippen LogP contribution in [-0.2, 0) is 4.79 Å². The molecule has 7 nitrogen and oxygen atoms in total. The fraction of sp³-hybridized carbons (Fsp3) is 0.235. The van der Waals surface area contributed by atoms with Crippen molar-refractivity contribution in [2.24, 2.45) is 0 Å². The van der Waals surface area contributed by atoms with E-state index >= 15 is 0 Å². The van der Waals surface area contributed by atoms with E-state index < -0.39 is 4.92 Å². The summed E-state index contributed by atoms with van der Waals surface area (Å²) < 4.78 is 0. The summed E-state index contributed by atoms with van der Waals surface area (Å²) in [7, 11) is 0. The van der Waals surface area contributed by atoms with Crippen LogP contribution >= 0.6 is 11.8 Å². The largest absolute Gasteiger partial charge is 0.325 e. The lowest BCUT2D eigenvalue weighted by Crippen LogP contribution is -2.14. The van der Waals surface area contributed by atoms with Crippen LogP contribution in [0.1, 0.15) is 22.4 Å². The van der Waals surface area contributed by atoms with E-state index in [2.05, 4.69) is 16.4 Å². The zero-order valence-corrected chi connectivity index (χ0v) is 14.8. The predicted molar refractivity (Wildman–Crippen MR) is 95.6 cm³/mol. The zero-order valence-electron chi connectivity index (χ0n) is 14.0. The van der Waals surface area contributed by atoms with Crippen LogP contribution in [0, 0.1) is 42.2 Å². The number of thioether (sulfide) groups is 1. The molecule has 1 heterocycles. The molecule has 0 radical (unpaired) electrons. The highest BCUT2D eigenvalue weighted by Crippen LogP contribution is 2.26. The highest BCUT2D eigenvalue weighted by atomic mass is 32.2. The Morgan fingerprint density at radius 2 is 1.92 bits per heavy atom. The Hall–Kier alpha value is -2.92. The van der Waals surface area contributed by atoms with E-state index in [0.717, 1.165) is 16.8 Å². The molecular weight excluding hydrogens is 340 g/mol. The number of aryl methyl sites for hydroxylation is 1. The first kappa shape index (κ1) is 18.4. The van der Waals surface area contributed by atoms with E-state index in [4.69, 9.17) is 0 Å². The highest BCUT2D eigenvalue weighted by Gasteiger charge is 2.14. The molecule has 0 atom stereocenters. The molecule has 0 aliphatic heterocycles. The molecule has 2 rings (SSSR count). The number of hydrogen-bond acceptors (Lipinski definition) is 6. The minimum absolute atomic E-state index is 0.0409. The molecule has 1 aromatic heterocycles. The van der Waals surface area contributed by atoms with Crippen LogP contribution in [0.4, 0.5) is 11.4 Å². The third-order valence-electron chi connectivity index (χ3n) is 3.78. The molecule has 25 heavy (non-hydrogen) atoms. The summed E-state index contributed by atoms with van der Waals surface area (Å²) in [6.07, 6.45) is 0. The van der Waals surface area contributed by atoms with Gasteiger partial charge >= 0.3 is 0 Å². The van der Waals surface area contributed by atoms with Crippen molar-refractivity contribution in [2.75, 3.05) is 11.1 Å². The minimum Gasteiger partial charge on any atom is -0.325 e. The van der Waals surface area contributed by atoms with Gasteiger partial charge in [-0.05, 0) is 44.0 Å². The number of carbonyl (C=O) groups excluding carboxylic acids is 1. The smallest absolute Gasteiger partial charge is 0.269 e. The van der Waals surface area contributed by atoms with E-state index in [1.807, 2.05) is 20.8 Å². The average molecular weight is 356 g/mol. The van der Waals surface area contributed by atoms with Crippen LogP contribution in [0.15, 0.2) is 29.3 Å². The number of nitrogens with zero attached hydrogens (tertiary/aromatic N) is 3. The standard InChI is InChI=1S/C17H16N4O3S/c1-10-11(2)15(8-18)17(19-12(10)3)25-9-16(22)20-13-4-6-14(7-5-13)21(23)24/h4-7H,9H2,1-3H3,(H,20,22). The van der Waals surface area contributed by atoms with Gasteiger partial charge in [-0.3, -0.25) is 14.9 Å². The summed E-state index contributed by atoms with van der Waals surface area (Å²) in [5.74, 6) is -0.193. The topological polar surface area (TPSA) is 109 Å². The number of nitro groups is 1. The highest BCUT2D eigenvalue weighted by molar-refractivity contribution is 8.00. The van der Waals surface area contributed by atoms with Crippen molar-refractivity contribution in [1.29, 1.82) is 5.26 Å². The maximum atomic E-state index is 12.1. The molecule has 0 fully saturated rings. The second kappa shape index (κ2) is 7.77. The second-order valence-electron chi connectivity index (χ2n) is 5.38. The third kappa shape index (κ3) is 4.33. The molecule has 0 bridgehead atoms. The van der Waals surface area contributed by atoms with E-state index in [1.54, 1.807) is 0 Å². The Morgan fingerprint density at radius 3 is 2.48 bits per heavy atom. The molecule has 0 aliphatic carbocycles. The molecule has 1 aromatic carbocycles. The molecule has 0 aliphatic rings. The summed E-state index contributed by atoms with van der Waals surface area (Å²) in [5, 5.41) is 23.1. The van der Waals surface area contributed by atoms with Gasteiger partial charge in [0.2, 0.25) is 5.91 Å². The van der Waals surface area contributed by atoms with Gasteiger partial charge < -0.3 is 5.32 Å². The molecule has 0 spiro atoms. The number of non-ortho nitro benzene ring substituents is 1. The van der Waals surface area contributed by atoms with Crippen LogP contribution < -0.4 is 5.32 Å². The summed E-state index contributed by atoms with van der Waals surface area (Å²) in [6, 6.07) is 7.74. The molecule has 1 amide bonds. The Bertz CT molecular complexity index is 873. The van der Waals surface area contributed by atoms with Gasteiger partial charge in [-0.2, -0.15) is 5.26 Å². The van der Waals surface area contributed by atoms with E-state index in [1.165, 1.54) is 36.0 Å². The molecule has 128 valence electrons. The second-order valence-corrected chi connectivity index (χ2v) is 6.34. The number of benzene rings is 1. The van der Waals surface area contributed by atoms with Crippen LogP contribution in [0.2, 0.25) is 0 Å². The normalized spacial score (nSPS) is 10.2. The van der Waals surface area contributed by atoms with Crippen LogP contribution in [-0.4, -0.2) is 21.6 Å². The fourth-order valence-electron chi connectivity index (χ4n) is 2.14. The van der Waals surface area contributed by atoms with Crippen LogP contribution in [0.3, 0.4) is 0 Å². The van der Waals surface area contributed by atoms with Crippen molar-refractivity contribution < 1.29 is 9.72 Å². The average Bonchev–Trinajstić information content (AvgIpc) is 2.58. The molecule has 0 saturated carbocycles. The molecule has 2 aromatic rings. The van der Waals surface area contributed by atoms with E-state index in [0.29, 0.717) is 16.3 Å². The van der Waals surface area contributed by atoms with Gasteiger partial charge in [0.05, 0.1) is 16.2 Å². The third-order valence-corrected chi connectivity index (χ3v) is 4.75.